The Morgan fingerprint density at radius 1 is 1.39 bits per heavy atom. The summed E-state index contributed by atoms with van der Waals surface area (Å²) in [4.78, 5) is 14.2. The van der Waals surface area contributed by atoms with Crippen LogP contribution < -0.4 is 0 Å². The summed E-state index contributed by atoms with van der Waals surface area (Å²) in [7, 11) is 1.63. The Labute approximate surface area is 109 Å². The van der Waals surface area contributed by atoms with E-state index in [1.54, 1.807) is 12.0 Å². The number of methoxy groups -OCH3 is 1. The molecular formula is C15H21NO2. The first-order valence-electron chi connectivity index (χ1n) is 6.10. The molecule has 0 aliphatic carbocycles. The molecule has 0 unspecified atom stereocenters. The molecule has 0 aliphatic rings. The Bertz CT molecular complexity index is 426. The van der Waals surface area contributed by atoms with E-state index in [-0.39, 0.29) is 5.91 Å². The van der Waals surface area contributed by atoms with Crippen molar-refractivity contribution >= 4 is 5.91 Å². The van der Waals surface area contributed by atoms with Crippen LogP contribution in [0.3, 0.4) is 0 Å². The number of carbonyl (C=O) groups excluding carboxylic acids is 1. The van der Waals surface area contributed by atoms with E-state index >= 15 is 0 Å². The lowest BCUT2D eigenvalue weighted by Gasteiger charge is -2.22. The van der Waals surface area contributed by atoms with Crippen LogP contribution in [0.25, 0.3) is 0 Å². The smallest absolute Gasteiger partial charge is 0.254 e. The molecule has 0 spiro atoms. The number of amides is 1. The number of nitrogens with zero attached hydrogens (tertiary/aromatic N) is 1. The average Bonchev–Trinajstić information content (AvgIpc) is 2.36. The van der Waals surface area contributed by atoms with Gasteiger partial charge in [0.1, 0.15) is 0 Å². The predicted octanol–water partition coefficient (Wildman–Crippen LogP) is 2.87. The molecule has 1 aromatic rings. The van der Waals surface area contributed by atoms with Crippen LogP contribution in [0.2, 0.25) is 0 Å². The molecule has 0 aromatic heterocycles. The van der Waals surface area contributed by atoms with Gasteiger partial charge in [-0.1, -0.05) is 30.4 Å². The zero-order valence-corrected chi connectivity index (χ0v) is 11.4. The third kappa shape index (κ3) is 3.70. The Morgan fingerprint density at radius 3 is 2.61 bits per heavy atom. The molecule has 3 nitrogen and oxygen atoms in total. The quantitative estimate of drug-likeness (QED) is 0.723. The molecule has 1 aromatic carbocycles. The minimum absolute atomic E-state index is 0.0353. The van der Waals surface area contributed by atoms with Crippen LogP contribution in [-0.2, 0) is 11.3 Å². The second kappa shape index (κ2) is 6.97. The number of carbonyl (C=O) groups is 1. The fourth-order valence-electron chi connectivity index (χ4n) is 1.83. The monoisotopic (exact) mass is 247 g/mol. The molecule has 1 amide bonds. The Kier molecular flexibility index (Phi) is 5.59. The van der Waals surface area contributed by atoms with Crippen molar-refractivity contribution in [3.8, 4) is 0 Å². The van der Waals surface area contributed by atoms with E-state index in [0.717, 1.165) is 11.1 Å². The summed E-state index contributed by atoms with van der Waals surface area (Å²) < 4.78 is 5.12. The average molecular weight is 247 g/mol. The van der Waals surface area contributed by atoms with E-state index in [1.165, 1.54) is 0 Å². The molecule has 0 saturated carbocycles. The largest absolute Gasteiger partial charge is 0.380 e. The maximum Gasteiger partial charge on any atom is 0.254 e. The van der Waals surface area contributed by atoms with Gasteiger partial charge in [-0.15, -0.1) is 0 Å². The summed E-state index contributed by atoms with van der Waals surface area (Å²) in [6.07, 6.45) is 0. The van der Waals surface area contributed by atoms with Crippen molar-refractivity contribution in [1.29, 1.82) is 0 Å². The van der Waals surface area contributed by atoms with Gasteiger partial charge in [-0.05, 0) is 25.5 Å². The second-order valence-electron chi connectivity index (χ2n) is 4.37. The minimum atomic E-state index is 0.0353. The van der Waals surface area contributed by atoms with Crippen LogP contribution >= 0.6 is 0 Å². The summed E-state index contributed by atoms with van der Waals surface area (Å²) in [5.41, 5.74) is 2.61. The van der Waals surface area contributed by atoms with Crippen molar-refractivity contribution in [2.24, 2.45) is 0 Å². The van der Waals surface area contributed by atoms with Crippen molar-refractivity contribution in [1.82, 2.24) is 4.90 Å². The first-order chi connectivity index (χ1) is 8.60. The van der Waals surface area contributed by atoms with Gasteiger partial charge in [-0.3, -0.25) is 4.79 Å². The lowest BCUT2D eigenvalue weighted by atomic mass is 10.1. The molecule has 1 rings (SSSR count). The normalized spacial score (nSPS) is 10.2. The van der Waals surface area contributed by atoms with Gasteiger partial charge in [0.05, 0.1) is 6.61 Å². The van der Waals surface area contributed by atoms with E-state index in [1.807, 2.05) is 38.1 Å². The number of hydrogen-bond acceptors (Lipinski definition) is 2. The molecule has 0 saturated heterocycles. The third-order valence-electron chi connectivity index (χ3n) is 2.68. The number of benzene rings is 1. The summed E-state index contributed by atoms with van der Waals surface area (Å²) in [6.45, 7) is 9.48. The Balaban J connectivity index is 2.97. The van der Waals surface area contributed by atoms with E-state index < -0.39 is 0 Å². The minimum Gasteiger partial charge on any atom is -0.380 e. The SMILES string of the molecule is C=C(C)CN(CC)C(=O)c1ccccc1COC. The van der Waals surface area contributed by atoms with Crippen molar-refractivity contribution in [2.45, 2.75) is 20.5 Å². The van der Waals surface area contributed by atoms with E-state index in [2.05, 4.69) is 6.58 Å². The van der Waals surface area contributed by atoms with Crippen LogP contribution in [0.15, 0.2) is 36.4 Å². The zero-order valence-electron chi connectivity index (χ0n) is 11.4. The van der Waals surface area contributed by atoms with Crippen LogP contribution in [0, 0.1) is 0 Å². The maximum atomic E-state index is 12.4. The molecule has 0 N–H and O–H groups in total. The molecule has 98 valence electrons. The lowest BCUT2D eigenvalue weighted by Crippen LogP contribution is -2.32. The first kappa shape index (κ1) is 14.5. The predicted molar refractivity (Wildman–Crippen MR) is 73.5 cm³/mol. The Hall–Kier alpha value is -1.61. The third-order valence-corrected chi connectivity index (χ3v) is 2.68. The van der Waals surface area contributed by atoms with Gasteiger partial charge in [0.15, 0.2) is 0 Å². The number of hydrogen-bond donors (Lipinski definition) is 0. The van der Waals surface area contributed by atoms with Crippen LogP contribution in [-0.4, -0.2) is 31.0 Å². The maximum absolute atomic E-state index is 12.4. The number of rotatable bonds is 6. The van der Waals surface area contributed by atoms with Crippen molar-refractivity contribution in [3.05, 3.63) is 47.5 Å². The van der Waals surface area contributed by atoms with Crippen molar-refractivity contribution < 1.29 is 9.53 Å². The van der Waals surface area contributed by atoms with Gasteiger partial charge in [-0.2, -0.15) is 0 Å². The van der Waals surface area contributed by atoms with Crippen molar-refractivity contribution in [3.63, 3.8) is 0 Å². The fourth-order valence-corrected chi connectivity index (χ4v) is 1.83. The molecule has 18 heavy (non-hydrogen) atoms. The topological polar surface area (TPSA) is 29.5 Å². The summed E-state index contributed by atoms with van der Waals surface area (Å²) in [5, 5.41) is 0. The molecular weight excluding hydrogens is 226 g/mol. The van der Waals surface area contributed by atoms with E-state index in [4.69, 9.17) is 4.74 Å². The molecule has 0 bridgehead atoms. The van der Waals surface area contributed by atoms with E-state index in [9.17, 15) is 4.79 Å². The standard InChI is InChI=1S/C15H21NO2/c1-5-16(10-12(2)3)15(17)14-9-7-6-8-13(14)11-18-4/h6-9H,2,5,10-11H2,1,3-4H3. The highest BCUT2D eigenvalue weighted by Gasteiger charge is 2.16. The highest BCUT2D eigenvalue weighted by atomic mass is 16.5. The van der Waals surface area contributed by atoms with Gasteiger partial charge in [-0.25, -0.2) is 0 Å². The lowest BCUT2D eigenvalue weighted by molar-refractivity contribution is 0.0773. The van der Waals surface area contributed by atoms with Gasteiger partial charge in [0, 0.05) is 25.8 Å². The highest BCUT2D eigenvalue weighted by molar-refractivity contribution is 5.95. The molecule has 3 heteroatoms. The molecule has 0 fully saturated rings. The summed E-state index contributed by atoms with van der Waals surface area (Å²) in [6, 6.07) is 7.56. The van der Waals surface area contributed by atoms with Gasteiger partial charge in [0.25, 0.3) is 5.91 Å². The Morgan fingerprint density at radius 2 is 2.06 bits per heavy atom. The number of likely N-dealkylation sites (N-methyl/N-ethyl adjacent to an activating group) is 1. The van der Waals surface area contributed by atoms with Gasteiger partial charge >= 0.3 is 0 Å². The zero-order chi connectivity index (χ0) is 13.5. The van der Waals surface area contributed by atoms with Gasteiger partial charge < -0.3 is 9.64 Å². The first-order valence-corrected chi connectivity index (χ1v) is 6.10. The molecule has 0 aliphatic heterocycles. The molecule has 0 heterocycles. The molecule has 0 radical (unpaired) electrons. The van der Waals surface area contributed by atoms with Crippen molar-refractivity contribution in [2.75, 3.05) is 20.2 Å². The number of ether oxygens (including phenoxy) is 1. The van der Waals surface area contributed by atoms with E-state index in [0.29, 0.717) is 25.3 Å². The van der Waals surface area contributed by atoms with Gasteiger partial charge in [0.2, 0.25) is 0 Å². The molecule has 0 atom stereocenters. The second-order valence-corrected chi connectivity index (χ2v) is 4.37. The van der Waals surface area contributed by atoms with Crippen LogP contribution in [0.4, 0.5) is 0 Å². The van der Waals surface area contributed by atoms with Crippen LogP contribution in [0.1, 0.15) is 29.8 Å². The highest BCUT2D eigenvalue weighted by Crippen LogP contribution is 2.13. The van der Waals surface area contributed by atoms with Crippen LogP contribution in [0.5, 0.6) is 0 Å². The fraction of sp³-hybridized carbons (Fsp3) is 0.400. The summed E-state index contributed by atoms with van der Waals surface area (Å²) >= 11 is 0. The summed E-state index contributed by atoms with van der Waals surface area (Å²) in [5.74, 6) is 0.0353.